The predicted octanol–water partition coefficient (Wildman–Crippen LogP) is 6.01. The molecular weight excluding hydrogens is 426 g/mol. The lowest BCUT2D eigenvalue weighted by Gasteiger charge is -2.11. The fourth-order valence-electron chi connectivity index (χ4n) is 3.90. The van der Waals surface area contributed by atoms with E-state index in [4.69, 9.17) is 14.2 Å². The number of ether oxygens (including phenoxy) is 3. The van der Waals surface area contributed by atoms with E-state index >= 15 is 0 Å². The van der Waals surface area contributed by atoms with Crippen LogP contribution >= 0.6 is 0 Å². The molecule has 1 aromatic heterocycles. The van der Waals surface area contributed by atoms with Crippen LogP contribution in [-0.4, -0.2) is 31.7 Å². The van der Waals surface area contributed by atoms with Crippen molar-refractivity contribution in [2.24, 2.45) is 0 Å². The van der Waals surface area contributed by atoms with E-state index in [1.54, 1.807) is 45.6 Å². The van der Waals surface area contributed by atoms with Crippen molar-refractivity contribution in [1.82, 2.24) is 4.57 Å². The molecule has 0 amide bonds. The third-order valence-electron chi connectivity index (χ3n) is 5.61. The molecule has 0 aliphatic rings. The Morgan fingerprint density at radius 1 is 0.765 bits per heavy atom. The second kappa shape index (κ2) is 10.6. The van der Waals surface area contributed by atoms with E-state index in [-0.39, 0.29) is 5.78 Å². The number of para-hydroxylation sites is 1. The van der Waals surface area contributed by atoms with Crippen molar-refractivity contribution in [3.63, 3.8) is 0 Å². The van der Waals surface area contributed by atoms with Gasteiger partial charge in [0.1, 0.15) is 5.75 Å². The standard InChI is InChI=1S/C29H27NO4/c1-32-27-18-29(34-3)28(33-2)17-22(27)13-15-24(31)16-14-23-20-30(19-21-9-5-4-6-10-21)26-12-8-7-11-25(23)26/h4-18,20H,19H2,1-3H3/b15-13+,16-14+. The van der Waals surface area contributed by atoms with E-state index in [1.165, 1.54) is 11.6 Å². The van der Waals surface area contributed by atoms with Crippen LogP contribution in [0, 0.1) is 0 Å². The van der Waals surface area contributed by atoms with Gasteiger partial charge in [0, 0.05) is 40.8 Å². The number of benzene rings is 3. The SMILES string of the molecule is COc1cc(OC)c(OC)cc1/C=C/C(=O)/C=C/c1cn(Cc2ccccc2)c2ccccc12. The number of ketones is 1. The molecule has 0 aliphatic carbocycles. The zero-order valence-corrected chi connectivity index (χ0v) is 19.5. The van der Waals surface area contributed by atoms with Crippen LogP contribution in [0.3, 0.4) is 0 Å². The van der Waals surface area contributed by atoms with Gasteiger partial charge in [-0.2, -0.15) is 0 Å². The molecule has 4 aromatic rings. The largest absolute Gasteiger partial charge is 0.496 e. The normalized spacial score (nSPS) is 11.4. The minimum Gasteiger partial charge on any atom is -0.496 e. The van der Waals surface area contributed by atoms with Crippen LogP contribution < -0.4 is 14.2 Å². The summed E-state index contributed by atoms with van der Waals surface area (Å²) < 4.78 is 18.3. The lowest BCUT2D eigenvalue weighted by molar-refractivity contribution is -0.110. The van der Waals surface area contributed by atoms with Gasteiger partial charge in [-0.25, -0.2) is 0 Å². The summed E-state index contributed by atoms with van der Waals surface area (Å²) in [6.45, 7) is 0.766. The molecule has 34 heavy (non-hydrogen) atoms. The summed E-state index contributed by atoms with van der Waals surface area (Å²) in [4.78, 5) is 12.6. The van der Waals surface area contributed by atoms with Crippen LogP contribution in [-0.2, 0) is 11.3 Å². The zero-order chi connectivity index (χ0) is 23.9. The fourth-order valence-corrected chi connectivity index (χ4v) is 3.90. The number of methoxy groups -OCH3 is 3. The topological polar surface area (TPSA) is 49.7 Å². The number of hydrogen-bond acceptors (Lipinski definition) is 4. The molecule has 1 heterocycles. The van der Waals surface area contributed by atoms with Crippen LogP contribution in [0.25, 0.3) is 23.1 Å². The van der Waals surface area contributed by atoms with Crippen molar-refractivity contribution in [1.29, 1.82) is 0 Å². The minimum absolute atomic E-state index is 0.128. The fraction of sp³-hybridized carbons (Fsp3) is 0.138. The van der Waals surface area contributed by atoms with Crippen LogP contribution in [0.15, 0.2) is 85.1 Å². The van der Waals surface area contributed by atoms with Crippen molar-refractivity contribution in [2.75, 3.05) is 21.3 Å². The van der Waals surface area contributed by atoms with Crippen LogP contribution in [0.5, 0.6) is 17.2 Å². The van der Waals surface area contributed by atoms with E-state index in [1.807, 2.05) is 36.4 Å². The maximum atomic E-state index is 12.6. The van der Waals surface area contributed by atoms with Crippen LogP contribution in [0.1, 0.15) is 16.7 Å². The Bertz CT molecular complexity index is 1350. The van der Waals surface area contributed by atoms with Gasteiger partial charge < -0.3 is 18.8 Å². The summed E-state index contributed by atoms with van der Waals surface area (Å²) in [5, 5.41) is 1.10. The molecule has 0 spiro atoms. The molecule has 0 radical (unpaired) electrons. The first-order chi connectivity index (χ1) is 16.6. The van der Waals surface area contributed by atoms with Gasteiger partial charge in [-0.15, -0.1) is 0 Å². The van der Waals surface area contributed by atoms with E-state index in [0.717, 1.165) is 28.6 Å². The van der Waals surface area contributed by atoms with Crippen molar-refractivity contribution < 1.29 is 19.0 Å². The Hall–Kier alpha value is -4.25. The molecular formula is C29H27NO4. The Morgan fingerprint density at radius 2 is 1.38 bits per heavy atom. The first-order valence-electron chi connectivity index (χ1n) is 10.9. The highest BCUT2D eigenvalue weighted by atomic mass is 16.5. The number of aromatic nitrogens is 1. The molecule has 0 saturated carbocycles. The Kier molecular flexibility index (Phi) is 7.13. The first-order valence-corrected chi connectivity index (χ1v) is 10.9. The van der Waals surface area contributed by atoms with Gasteiger partial charge in [0.25, 0.3) is 0 Å². The van der Waals surface area contributed by atoms with Crippen LogP contribution in [0.2, 0.25) is 0 Å². The van der Waals surface area contributed by atoms with Gasteiger partial charge in [-0.3, -0.25) is 4.79 Å². The number of fused-ring (bicyclic) bond motifs is 1. The van der Waals surface area contributed by atoms with E-state index in [0.29, 0.717) is 17.2 Å². The van der Waals surface area contributed by atoms with Gasteiger partial charge in [0.15, 0.2) is 17.3 Å². The average molecular weight is 454 g/mol. The second-order valence-electron chi connectivity index (χ2n) is 7.73. The van der Waals surface area contributed by atoms with Crippen molar-refractivity contribution in [3.05, 3.63) is 102 Å². The first kappa shape index (κ1) is 22.9. The summed E-state index contributed by atoms with van der Waals surface area (Å²) in [5.41, 5.74) is 4.07. The number of nitrogens with zero attached hydrogens (tertiary/aromatic N) is 1. The lowest BCUT2D eigenvalue weighted by atomic mass is 10.1. The molecule has 0 bridgehead atoms. The highest BCUT2D eigenvalue weighted by Crippen LogP contribution is 2.35. The molecule has 0 saturated heterocycles. The number of allylic oxidation sites excluding steroid dienone is 2. The molecule has 172 valence electrons. The van der Waals surface area contributed by atoms with E-state index < -0.39 is 0 Å². The molecule has 0 atom stereocenters. The molecule has 5 nitrogen and oxygen atoms in total. The number of rotatable bonds is 9. The van der Waals surface area contributed by atoms with Crippen molar-refractivity contribution in [3.8, 4) is 17.2 Å². The average Bonchev–Trinajstić information content (AvgIpc) is 3.23. The maximum Gasteiger partial charge on any atom is 0.178 e. The Balaban J connectivity index is 1.57. The second-order valence-corrected chi connectivity index (χ2v) is 7.73. The van der Waals surface area contributed by atoms with Gasteiger partial charge in [-0.05, 0) is 42.0 Å². The quantitative estimate of drug-likeness (QED) is 0.291. The minimum atomic E-state index is -0.128. The Labute approximate surface area is 199 Å². The summed E-state index contributed by atoms with van der Waals surface area (Å²) in [5.74, 6) is 1.60. The number of carbonyl (C=O) groups is 1. The zero-order valence-electron chi connectivity index (χ0n) is 19.5. The Morgan fingerprint density at radius 3 is 2.09 bits per heavy atom. The van der Waals surface area contributed by atoms with E-state index in [2.05, 4.69) is 35.0 Å². The molecule has 0 aliphatic heterocycles. The van der Waals surface area contributed by atoms with E-state index in [9.17, 15) is 4.79 Å². The molecule has 0 unspecified atom stereocenters. The highest BCUT2D eigenvalue weighted by molar-refractivity contribution is 6.06. The monoisotopic (exact) mass is 453 g/mol. The molecule has 4 rings (SSSR count). The number of hydrogen-bond donors (Lipinski definition) is 0. The molecule has 3 aromatic carbocycles. The predicted molar refractivity (Wildman–Crippen MR) is 137 cm³/mol. The smallest absolute Gasteiger partial charge is 0.178 e. The van der Waals surface area contributed by atoms with Crippen LogP contribution in [0.4, 0.5) is 0 Å². The summed E-state index contributed by atoms with van der Waals surface area (Å²) in [6.07, 6.45) is 8.76. The lowest BCUT2D eigenvalue weighted by Crippen LogP contribution is -1.97. The summed E-state index contributed by atoms with van der Waals surface area (Å²) in [6, 6.07) is 22.1. The molecule has 0 N–H and O–H groups in total. The van der Waals surface area contributed by atoms with Crippen molar-refractivity contribution in [2.45, 2.75) is 6.54 Å². The summed E-state index contributed by atoms with van der Waals surface area (Å²) >= 11 is 0. The third kappa shape index (κ3) is 5.04. The highest BCUT2D eigenvalue weighted by Gasteiger charge is 2.10. The van der Waals surface area contributed by atoms with Gasteiger partial charge >= 0.3 is 0 Å². The van der Waals surface area contributed by atoms with Gasteiger partial charge in [-0.1, -0.05) is 48.5 Å². The number of carbonyl (C=O) groups excluding carboxylic acids is 1. The third-order valence-corrected chi connectivity index (χ3v) is 5.61. The molecule has 0 fully saturated rings. The summed E-state index contributed by atoms with van der Waals surface area (Å²) in [7, 11) is 4.71. The van der Waals surface area contributed by atoms with Gasteiger partial charge in [0.2, 0.25) is 0 Å². The molecule has 5 heteroatoms. The van der Waals surface area contributed by atoms with Crippen molar-refractivity contribution >= 4 is 28.8 Å². The van der Waals surface area contributed by atoms with Gasteiger partial charge in [0.05, 0.1) is 21.3 Å². The maximum absolute atomic E-state index is 12.6.